The van der Waals surface area contributed by atoms with E-state index in [1.54, 1.807) is 0 Å². The number of sulfonamides is 1. The molecule has 2 rings (SSSR count). The average molecular weight is 319 g/mol. The van der Waals surface area contributed by atoms with E-state index in [9.17, 15) is 17.2 Å². The van der Waals surface area contributed by atoms with Crippen LogP contribution in [0.1, 0.15) is 12.8 Å². The van der Waals surface area contributed by atoms with Crippen LogP contribution in [0.2, 0.25) is 0 Å². The highest BCUT2D eigenvalue weighted by atomic mass is 32.2. The van der Waals surface area contributed by atoms with Crippen molar-refractivity contribution in [3.05, 3.63) is 23.8 Å². The Hall–Kier alpha value is -1.25. The van der Waals surface area contributed by atoms with Gasteiger partial charge >= 0.3 is 0 Å². The first-order chi connectivity index (χ1) is 9.73. The third kappa shape index (κ3) is 3.17. The summed E-state index contributed by atoms with van der Waals surface area (Å²) in [5, 5.41) is 0. The predicted molar refractivity (Wildman–Crippen MR) is 76.2 cm³/mol. The van der Waals surface area contributed by atoms with Crippen molar-refractivity contribution >= 4 is 15.7 Å². The second-order valence-electron chi connectivity index (χ2n) is 5.38. The molecule has 1 saturated heterocycles. The molecule has 0 bridgehead atoms. The molecule has 0 spiro atoms. The van der Waals surface area contributed by atoms with E-state index in [-0.39, 0.29) is 18.3 Å². The van der Waals surface area contributed by atoms with Crippen molar-refractivity contribution in [2.75, 3.05) is 32.9 Å². The zero-order valence-electron chi connectivity index (χ0n) is 12.0. The molecule has 1 aliphatic heterocycles. The number of anilines is 1. The lowest BCUT2D eigenvalue weighted by molar-refractivity contribution is 0.270. The van der Waals surface area contributed by atoms with E-state index in [1.165, 1.54) is 7.05 Å². The van der Waals surface area contributed by atoms with Crippen molar-refractivity contribution in [1.29, 1.82) is 0 Å². The van der Waals surface area contributed by atoms with Gasteiger partial charge in [-0.3, -0.25) is 0 Å². The fourth-order valence-electron chi connectivity index (χ4n) is 2.54. The molecule has 118 valence electrons. The van der Waals surface area contributed by atoms with E-state index in [2.05, 4.69) is 4.90 Å². The Labute approximate surface area is 123 Å². The van der Waals surface area contributed by atoms with Crippen molar-refractivity contribution in [2.24, 2.45) is 0 Å². The molecular weight excluding hydrogens is 300 g/mol. The molecule has 1 atom stereocenters. The molecule has 1 aromatic rings. The minimum atomic E-state index is -4.11. The number of likely N-dealkylation sites (tertiary alicyclic amines) is 1. The SMILES string of the molecule is CN1CCCC1CN(C)S(=O)(=O)c1cc(N)cc(F)c1F. The first-order valence-electron chi connectivity index (χ1n) is 6.64. The topological polar surface area (TPSA) is 66.6 Å². The van der Waals surface area contributed by atoms with Gasteiger partial charge in [0.2, 0.25) is 10.0 Å². The summed E-state index contributed by atoms with van der Waals surface area (Å²) in [7, 11) is -0.835. The van der Waals surface area contributed by atoms with Gasteiger partial charge in [0, 0.05) is 25.3 Å². The van der Waals surface area contributed by atoms with Gasteiger partial charge in [0.05, 0.1) is 0 Å². The third-order valence-electron chi connectivity index (χ3n) is 3.84. The lowest BCUT2D eigenvalue weighted by Crippen LogP contribution is -2.39. The van der Waals surface area contributed by atoms with Crippen LogP contribution in [0.4, 0.5) is 14.5 Å². The molecule has 0 amide bonds. The molecule has 5 nitrogen and oxygen atoms in total. The summed E-state index contributed by atoms with van der Waals surface area (Å²) in [4.78, 5) is 1.34. The van der Waals surface area contributed by atoms with Crippen LogP contribution in [-0.2, 0) is 10.0 Å². The minimum absolute atomic E-state index is 0.0822. The maximum Gasteiger partial charge on any atom is 0.245 e. The largest absolute Gasteiger partial charge is 0.399 e. The second-order valence-corrected chi connectivity index (χ2v) is 7.39. The minimum Gasteiger partial charge on any atom is -0.399 e. The molecule has 0 saturated carbocycles. The summed E-state index contributed by atoms with van der Waals surface area (Å²) in [5.74, 6) is -2.66. The fraction of sp³-hybridized carbons (Fsp3) is 0.538. The van der Waals surface area contributed by atoms with E-state index in [1.807, 2.05) is 7.05 Å². The highest BCUT2D eigenvalue weighted by Gasteiger charge is 2.31. The molecule has 0 aliphatic carbocycles. The number of hydrogen-bond donors (Lipinski definition) is 1. The van der Waals surface area contributed by atoms with Crippen LogP contribution < -0.4 is 5.73 Å². The predicted octanol–water partition coefficient (Wildman–Crippen LogP) is 1.26. The standard InChI is InChI=1S/C13H19F2N3O2S/c1-17-5-3-4-10(17)8-18(2)21(19,20)12-7-9(16)6-11(14)13(12)15/h6-7,10H,3-5,8,16H2,1-2H3. The zero-order valence-corrected chi connectivity index (χ0v) is 12.8. The van der Waals surface area contributed by atoms with Crippen LogP contribution >= 0.6 is 0 Å². The summed E-state index contributed by atoms with van der Waals surface area (Å²) in [6.07, 6.45) is 1.88. The van der Waals surface area contributed by atoms with Crippen LogP contribution in [-0.4, -0.2) is 50.8 Å². The average Bonchev–Trinajstić information content (AvgIpc) is 2.79. The number of likely N-dealkylation sites (N-methyl/N-ethyl adjacent to an activating group) is 2. The Morgan fingerprint density at radius 1 is 1.43 bits per heavy atom. The van der Waals surface area contributed by atoms with Gasteiger partial charge < -0.3 is 10.6 Å². The van der Waals surface area contributed by atoms with Gasteiger partial charge in [0.25, 0.3) is 0 Å². The van der Waals surface area contributed by atoms with Gasteiger partial charge in [-0.05, 0) is 38.6 Å². The molecule has 1 aromatic carbocycles. The molecule has 1 heterocycles. The summed E-state index contributed by atoms with van der Waals surface area (Å²) in [6.45, 7) is 1.13. The van der Waals surface area contributed by atoms with Gasteiger partial charge in [-0.1, -0.05) is 0 Å². The normalized spacial score (nSPS) is 20.3. The van der Waals surface area contributed by atoms with E-state index < -0.39 is 26.6 Å². The fourth-order valence-corrected chi connectivity index (χ4v) is 3.86. The molecule has 2 N–H and O–H groups in total. The van der Waals surface area contributed by atoms with Crippen LogP contribution in [0.15, 0.2) is 17.0 Å². The zero-order chi connectivity index (χ0) is 15.8. The lowest BCUT2D eigenvalue weighted by Gasteiger charge is -2.25. The number of nitrogen functional groups attached to an aromatic ring is 1. The van der Waals surface area contributed by atoms with Crippen molar-refractivity contribution in [3.8, 4) is 0 Å². The number of halogens is 2. The second kappa shape index (κ2) is 5.86. The van der Waals surface area contributed by atoms with Gasteiger partial charge in [-0.15, -0.1) is 0 Å². The maximum absolute atomic E-state index is 13.8. The van der Waals surface area contributed by atoms with E-state index in [4.69, 9.17) is 5.73 Å². The van der Waals surface area contributed by atoms with Crippen LogP contribution in [0.25, 0.3) is 0 Å². The Morgan fingerprint density at radius 2 is 2.10 bits per heavy atom. The molecule has 21 heavy (non-hydrogen) atoms. The van der Waals surface area contributed by atoms with Crippen molar-refractivity contribution in [3.63, 3.8) is 0 Å². The van der Waals surface area contributed by atoms with E-state index in [0.717, 1.165) is 35.8 Å². The smallest absolute Gasteiger partial charge is 0.245 e. The molecule has 1 fully saturated rings. The van der Waals surface area contributed by atoms with Gasteiger partial charge in [-0.25, -0.2) is 17.2 Å². The van der Waals surface area contributed by atoms with Crippen LogP contribution in [0.3, 0.4) is 0 Å². The molecule has 1 aliphatic rings. The third-order valence-corrected chi connectivity index (χ3v) is 5.67. The number of nitrogens with zero attached hydrogens (tertiary/aromatic N) is 2. The Bertz CT molecular complexity index is 637. The number of hydrogen-bond acceptors (Lipinski definition) is 4. The van der Waals surface area contributed by atoms with Gasteiger partial charge in [0.15, 0.2) is 11.6 Å². The molecule has 8 heteroatoms. The summed E-state index contributed by atoms with van der Waals surface area (Å²) in [5.41, 5.74) is 5.29. The summed E-state index contributed by atoms with van der Waals surface area (Å²) in [6, 6.07) is 1.79. The Kier molecular flexibility index (Phi) is 4.50. The highest BCUT2D eigenvalue weighted by Crippen LogP contribution is 2.25. The van der Waals surface area contributed by atoms with Crippen molar-refractivity contribution in [1.82, 2.24) is 9.21 Å². The van der Waals surface area contributed by atoms with Crippen LogP contribution in [0.5, 0.6) is 0 Å². The van der Waals surface area contributed by atoms with Gasteiger partial charge in [0.1, 0.15) is 4.90 Å². The molecular formula is C13H19F2N3O2S. The molecule has 0 radical (unpaired) electrons. The Morgan fingerprint density at radius 3 is 2.67 bits per heavy atom. The van der Waals surface area contributed by atoms with E-state index >= 15 is 0 Å². The van der Waals surface area contributed by atoms with Crippen molar-refractivity contribution < 1.29 is 17.2 Å². The number of rotatable bonds is 4. The quantitative estimate of drug-likeness (QED) is 0.849. The number of nitrogens with two attached hydrogens (primary N) is 1. The highest BCUT2D eigenvalue weighted by molar-refractivity contribution is 7.89. The maximum atomic E-state index is 13.8. The first-order valence-corrected chi connectivity index (χ1v) is 8.08. The monoisotopic (exact) mass is 319 g/mol. The van der Waals surface area contributed by atoms with Crippen molar-refractivity contribution in [2.45, 2.75) is 23.8 Å². The first kappa shape index (κ1) is 16.1. The lowest BCUT2D eigenvalue weighted by atomic mass is 10.2. The summed E-state index contributed by atoms with van der Waals surface area (Å²) >= 11 is 0. The Balaban J connectivity index is 2.29. The van der Waals surface area contributed by atoms with E-state index in [0.29, 0.717) is 0 Å². The molecule has 1 unspecified atom stereocenters. The van der Waals surface area contributed by atoms with Crippen LogP contribution in [0, 0.1) is 11.6 Å². The number of benzene rings is 1. The summed E-state index contributed by atoms with van der Waals surface area (Å²) < 4.78 is 53.0. The van der Waals surface area contributed by atoms with Gasteiger partial charge in [-0.2, -0.15) is 4.31 Å². The molecule has 0 aromatic heterocycles.